The molecule has 0 rings (SSSR count). The van der Waals surface area contributed by atoms with Gasteiger partial charge in [-0.25, -0.2) is 0 Å². The highest BCUT2D eigenvalue weighted by molar-refractivity contribution is 4.78. The molecule has 0 radical (unpaired) electrons. The maximum Gasteiger partial charge on any atom is 0.168 e. The molecular weight excluding hydrogens is 192 g/mol. The Kier molecular flexibility index (Phi) is 6.41. The van der Waals surface area contributed by atoms with Gasteiger partial charge in [0.15, 0.2) is 5.79 Å². The Hall–Kier alpha value is -0.120. The molecule has 0 aromatic carbocycles. The van der Waals surface area contributed by atoms with Crippen LogP contribution in [0.1, 0.15) is 48.0 Å². The van der Waals surface area contributed by atoms with Crippen molar-refractivity contribution in [1.29, 1.82) is 0 Å². The number of hydrogen-bond acceptors (Lipinski definition) is 3. The molecule has 15 heavy (non-hydrogen) atoms. The van der Waals surface area contributed by atoms with E-state index in [2.05, 4.69) is 13.8 Å². The van der Waals surface area contributed by atoms with Crippen LogP contribution in [-0.2, 0) is 14.2 Å². The van der Waals surface area contributed by atoms with Gasteiger partial charge in [-0.1, -0.05) is 0 Å². The number of ether oxygens (including phenoxy) is 3. The van der Waals surface area contributed by atoms with Gasteiger partial charge in [-0.2, -0.15) is 0 Å². The summed E-state index contributed by atoms with van der Waals surface area (Å²) < 4.78 is 17.0. The maximum atomic E-state index is 5.66. The molecule has 0 aliphatic rings. The fourth-order valence-corrected chi connectivity index (χ4v) is 1.97. The summed E-state index contributed by atoms with van der Waals surface area (Å²) in [7, 11) is 0. The predicted octanol–water partition coefficient (Wildman–Crippen LogP) is 2.98. The van der Waals surface area contributed by atoms with Crippen molar-refractivity contribution < 1.29 is 14.2 Å². The summed E-state index contributed by atoms with van der Waals surface area (Å²) in [6.45, 7) is 14.1. The average Bonchev–Trinajstić information content (AvgIpc) is 2.02. The average molecular weight is 218 g/mol. The molecule has 0 aliphatic heterocycles. The van der Waals surface area contributed by atoms with Crippen LogP contribution >= 0.6 is 0 Å². The van der Waals surface area contributed by atoms with Gasteiger partial charge in [0.25, 0.3) is 0 Å². The molecule has 0 aromatic rings. The van der Waals surface area contributed by atoms with Crippen LogP contribution in [0.2, 0.25) is 0 Å². The quantitative estimate of drug-likeness (QED) is 0.586. The maximum absolute atomic E-state index is 5.66. The zero-order valence-corrected chi connectivity index (χ0v) is 11.1. The lowest BCUT2D eigenvalue weighted by Crippen LogP contribution is -2.41. The first-order valence-corrected chi connectivity index (χ1v) is 5.81. The summed E-state index contributed by atoms with van der Waals surface area (Å²) in [5, 5.41) is 0. The van der Waals surface area contributed by atoms with E-state index in [4.69, 9.17) is 14.2 Å². The Morgan fingerprint density at radius 3 is 1.47 bits per heavy atom. The van der Waals surface area contributed by atoms with Gasteiger partial charge >= 0.3 is 0 Å². The van der Waals surface area contributed by atoms with Gasteiger partial charge in [-0.05, 0) is 41.5 Å². The van der Waals surface area contributed by atoms with Crippen molar-refractivity contribution in [3.8, 4) is 0 Å². The topological polar surface area (TPSA) is 27.7 Å². The minimum absolute atomic E-state index is 0.214. The highest BCUT2D eigenvalue weighted by Gasteiger charge is 2.34. The van der Waals surface area contributed by atoms with Gasteiger partial charge in [0, 0.05) is 26.2 Å². The fraction of sp³-hybridized carbons (Fsp3) is 1.00. The lowest BCUT2D eigenvalue weighted by atomic mass is 9.98. The molecule has 0 N–H and O–H groups in total. The zero-order valence-electron chi connectivity index (χ0n) is 11.1. The van der Waals surface area contributed by atoms with E-state index in [-0.39, 0.29) is 5.60 Å². The minimum Gasteiger partial charge on any atom is -0.376 e. The van der Waals surface area contributed by atoms with E-state index in [1.807, 2.05) is 27.7 Å². The third kappa shape index (κ3) is 6.13. The molecule has 0 bridgehead atoms. The molecule has 92 valence electrons. The second kappa shape index (κ2) is 6.46. The largest absolute Gasteiger partial charge is 0.376 e. The third-order valence-corrected chi connectivity index (χ3v) is 2.18. The van der Waals surface area contributed by atoms with Crippen molar-refractivity contribution in [2.75, 3.05) is 19.8 Å². The smallest absolute Gasteiger partial charge is 0.168 e. The van der Waals surface area contributed by atoms with Crippen LogP contribution in [0.15, 0.2) is 0 Å². The molecule has 0 spiro atoms. The monoisotopic (exact) mass is 218 g/mol. The molecular formula is C12H26O3. The van der Waals surface area contributed by atoms with Crippen LogP contribution in [-0.4, -0.2) is 31.2 Å². The summed E-state index contributed by atoms with van der Waals surface area (Å²) in [5.74, 6) is -0.540. The van der Waals surface area contributed by atoms with E-state index in [0.717, 1.165) is 6.42 Å². The molecule has 0 unspecified atom stereocenters. The van der Waals surface area contributed by atoms with E-state index < -0.39 is 5.79 Å². The third-order valence-electron chi connectivity index (χ3n) is 2.18. The van der Waals surface area contributed by atoms with Crippen molar-refractivity contribution in [1.82, 2.24) is 0 Å². The molecule has 0 aromatic heterocycles. The summed E-state index contributed by atoms with van der Waals surface area (Å²) in [5.41, 5.74) is -0.214. The van der Waals surface area contributed by atoms with Crippen LogP contribution in [0.25, 0.3) is 0 Å². The van der Waals surface area contributed by atoms with Crippen molar-refractivity contribution in [3.63, 3.8) is 0 Å². The first-order chi connectivity index (χ1) is 6.89. The van der Waals surface area contributed by atoms with Crippen molar-refractivity contribution in [2.24, 2.45) is 0 Å². The highest BCUT2D eigenvalue weighted by Crippen LogP contribution is 2.27. The molecule has 0 fully saturated rings. The normalized spacial score (nSPS) is 13.2. The van der Waals surface area contributed by atoms with Crippen LogP contribution in [0.4, 0.5) is 0 Å². The molecule has 3 nitrogen and oxygen atoms in total. The molecule has 0 heterocycles. The zero-order chi connectivity index (χ0) is 11.9. The minimum atomic E-state index is -0.540. The fourth-order valence-electron chi connectivity index (χ4n) is 1.97. The Morgan fingerprint density at radius 1 is 0.733 bits per heavy atom. The lowest BCUT2D eigenvalue weighted by molar-refractivity contribution is -0.247. The molecule has 0 amide bonds. The first-order valence-electron chi connectivity index (χ1n) is 5.81. The molecule has 0 saturated carbocycles. The van der Waals surface area contributed by atoms with E-state index >= 15 is 0 Å². The first kappa shape index (κ1) is 14.9. The van der Waals surface area contributed by atoms with Crippen LogP contribution < -0.4 is 0 Å². The molecule has 0 aliphatic carbocycles. The van der Waals surface area contributed by atoms with Gasteiger partial charge in [0.2, 0.25) is 0 Å². The Balaban J connectivity index is 4.37. The SMILES string of the molecule is CCOC(C)(C)CC(C)(OCC)OCC. The lowest BCUT2D eigenvalue weighted by Gasteiger charge is -2.36. The Labute approximate surface area is 94.1 Å². The standard InChI is InChI=1S/C12H26O3/c1-7-13-11(4,5)10-12(6,14-8-2)15-9-3/h7-10H2,1-6H3. The molecule has 0 atom stereocenters. The van der Waals surface area contributed by atoms with Crippen molar-refractivity contribution >= 4 is 0 Å². The highest BCUT2D eigenvalue weighted by atomic mass is 16.7. The number of rotatable bonds is 8. The Morgan fingerprint density at radius 2 is 1.13 bits per heavy atom. The van der Waals surface area contributed by atoms with Gasteiger partial charge < -0.3 is 14.2 Å². The molecule has 3 heteroatoms. The van der Waals surface area contributed by atoms with E-state index in [1.165, 1.54) is 0 Å². The Bertz CT molecular complexity index is 160. The second-order valence-electron chi connectivity index (χ2n) is 4.37. The number of hydrogen-bond donors (Lipinski definition) is 0. The van der Waals surface area contributed by atoms with Crippen molar-refractivity contribution in [2.45, 2.75) is 59.4 Å². The summed E-state index contributed by atoms with van der Waals surface area (Å²) in [6, 6.07) is 0. The van der Waals surface area contributed by atoms with Crippen molar-refractivity contribution in [3.05, 3.63) is 0 Å². The van der Waals surface area contributed by atoms with E-state index in [1.54, 1.807) is 0 Å². The van der Waals surface area contributed by atoms with Crippen LogP contribution in [0.3, 0.4) is 0 Å². The van der Waals surface area contributed by atoms with Gasteiger partial charge in [0.1, 0.15) is 0 Å². The van der Waals surface area contributed by atoms with Gasteiger partial charge in [0.05, 0.1) is 5.60 Å². The predicted molar refractivity (Wildman–Crippen MR) is 62.0 cm³/mol. The van der Waals surface area contributed by atoms with E-state index in [9.17, 15) is 0 Å². The second-order valence-corrected chi connectivity index (χ2v) is 4.37. The summed E-state index contributed by atoms with van der Waals surface area (Å²) in [6.07, 6.45) is 0.732. The van der Waals surface area contributed by atoms with E-state index in [0.29, 0.717) is 19.8 Å². The molecule has 0 saturated heterocycles. The van der Waals surface area contributed by atoms with Crippen LogP contribution in [0.5, 0.6) is 0 Å². The summed E-state index contributed by atoms with van der Waals surface area (Å²) >= 11 is 0. The summed E-state index contributed by atoms with van der Waals surface area (Å²) in [4.78, 5) is 0. The van der Waals surface area contributed by atoms with Crippen LogP contribution in [0, 0.1) is 0 Å². The van der Waals surface area contributed by atoms with Gasteiger partial charge in [-0.3, -0.25) is 0 Å². The van der Waals surface area contributed by atoms with Gasteiger partial charge in [-0.15, -0.1) is 0 Å².